The van der Waals surface area contributed by atoms with Gasteiger partial charge in [0.05, 0.1) is 22.9 Å². The van der Waals surface area contributed by atoms with Crippen LogP contribution in [0.25, 0.3) is 28.0 Å². The zero-order valence-corrected chi connectivity index (χ0v) is 18.8. The molecule has 1 atom stereocenters. The molecule has 6 heteroatoms. The number of benzene rings is 2. The van der Waals surface area contributed by atoms with E-state index in [0.717, 1.165) is 59.7 Å². The molecule has 3 aromatic heterocycles. The summed E-state index contributed by atoms with van der Waals surface area (Å²) in [5, 5.41) is 0. The SMILES string of the molecule is O=c1n(-c2ccc(-c3ccccc3)cc2)c2cccnc2n1C1CCN(Cc2ccccn2)C1. The number of hydrogen-bond acceptors (Lipinski definition) is 4. The van der Waals surface area contributed by atoms with Crippen molar-refractivity contribution >= 4 is 11.2 Å². The van der Waals surface area contributed by atoms with Gasteiger partial charge in [0.2, 0.25) is 0 Å². The molecule has 5 aromatic rings. The van der Waals surface area contributed by atoms with Crippen molar-refractivity contribution < 1.29 is 0 Å². The van der Waals surface area contributed by atoms with Gasteiger partial charge in [-0.2, -0.15) is 0 Å². The molecule has 1 aliphatic heterocycles. The largest absolute Gasteiger partial charge is 0.335 e. The van der Waals surface area contributed by atoms with Crippen molar-refractivity contribution in [3.05, 3.63) is 114 Å². The third kappa shape index (κ3) is 3.72. The van der Waals surface area contributed by atoms with Crippen molar-refractivity contribution in [3.8, 4) is 16.8 Å². The molecule has 0 bridgehead atoms. The maximum atomic E-state index is 13.8. The molecule has 4 heterocycles. The Balaban J connectivity index is 1.34. The highest BCUT2D eigenvalue weighted by molar-refractivity contribution is 5.75. The quantitative estimate of drug-likeness (QED) is 0.392. The molecule has 34 heavy (non-hydrogen) atoms. The number of pyridine rings is 2. The first-order valence-electron chi connectivity index (χ1n) is 11.6. The minimum atomic E-state index is -0.0363. The molecule has 2 aromatic carbocycles. The van der Waals surface area contributed by atoms with Crippen LogP contribution in [-0.2, 0) is 6.54 Å². The number of nitrogens with zero attached hydrogens (tertiary/aromatic N) is 5. The fourth-order valence-corrected chi connectivity index (χ4v) is 4.95. The standard InChI is InChI=1S/C28H25N5O/c34-28-32(24-13-11-22(12-14-24)21-7-2-1-3-8-21)26-10-6-17-30-27(26)33(28)25-15-18-31(20-25)19-23-9-4-5-16-29-23/h1-14,16-17,25H,15,18-20H2. The molecule has 1 fully saturated rings. The zero-order chi connectivity index (χ0) is 22.9. The van der Waals surface area contributed by atoms with Crippen LogP contribution in [-0.4, -0.2) is 37.1 Å². The Morgan fingerprint density at radius 1 is 0.794 bits per heavy atom. The third-order valence-electron chi connectivity index (χ3n) is 6.59. The summed E-state index contributed by atoms with van der Waals surface area (Å²) < 4.78 is 3.68. The van der Waals surface area contributed by atoms with Crippen LogP contribution in [0.1, 0.15) is 18.2 Å². The van der Waals surface area contributed by atoms with Crippen LogP contribution in [0.4, 0.5) is 0 Å². The van der Waals surface area contributed by atoms with Crippen molar-refractivity contribution in [1.82, 2.24) is 24.0 Å². The van der Waals surface area contributed by atoms with Gasteiger partial charge in [-0.1, -0.05) is 48.5 Å². The second kappa shape index (κ2) is 8.72. The predicted molar refractivity (Wildman–Crippen MR) is 134 cm³/mol. The summed E-state index contributed by atoms with van der Waals surface area (Å²) in [5.74, 6) is 0. The maximum Gasteiger partial charge on any atom is 0.335 e. The van der Waals surface area contributed by atoms with Crippen molar-refractivity contribution in [2.24, 2.45) is 0 Å². The molecule has 1 aliphatic rings. The number of rotatable bonds is 5. The fourth-order valence-electron chi connectivity index (χ4n) is 4.95. The summed E-state index contributed by atoms with van der Waals surface area (Å²) in [6, 6.07) is 28.4. The van der Waals surface area contributed by atoms with Crippen LogP contribution in [0.5, 0.6) is 0 Å². The highest BCUT2D eigenvalue weighted by Crippen LogP contribution is 2.27. The van der Waals surface area contributed by atoms with E-state index < -0.39 is 0 Å². The molecule has 1 unspecified atom stereocenters. The molecule has 0 radical (unpaired) electrons. The summed E-state index contributed by atoms with van der Waals surface area (Å²) >= 11 is 0. The van der Waals surface area contributed by atoms with Gasteiger partial charge in [-0.25, -0.2) is 9.78 Å². The molecule has 0 aliphatic carbocycles. The average molecular weight is 448 g/mol. The predicted octanol–water partition coefficient (Wildman–Crippen LogP) is 4.70. The van der Waals surface area contributed by atoms with E-state index in [0.29, 0.717) is 0 Å². The highest BCUT2D eigenvalue weighted by Gasteiger charge is 2.29. The van der Waals surface area contributed by atoms with E-state index >= 15 is 0 Å². The second-order valence-corrected chi connectivity index (χ2v) is 8.75. The molecular weight excluding hydrogens is 422 g/mol. The molecule has 0 spiro atoms. The van der Waals surface area contributed by atoms with Gasteiger partial charge in [0, 0.05) is 32.0 Å². The summed E-state index contributed by atoms with van der Waals surface area (Å²) in [5.41, 5.74) is 5.72. The van der Waals surface area contributed by atoms with Gasteiger partial charge < -0.3 is 0 Å². The fraction of sp³-hybridized carbons (Fsp3) is 0.179. The summed E-state index contributed by atoms with van der Waals surface area (Å²) in [6.45, 7) is 2.52. The topological polar surface area (TPSA) is 56.0 Å². The summed E-state index contributed by atoms with van der Waals surface area (Å²) in [4.78, 5) is 25.2. The smallest absolute Gasteiger partial charge is 0.295 e. The minimum absolute atomic E-state index is 0.0363. The Hall–Kier alpha value is -4.03. The van der Waals surface area contributed by atoms with Crippen molar-refractivity contribution in [1.29, 1.82) is 0 Å². The molecule has 6 nitrogen and oxygen atoms in total. The van der Waals surface area contributed by atoms with E-state index in [4.69, 9.17) is 0 Å². The molecule has 168 valence electrons. The van der Waals surface area contributed by atoms with Gasteiger partial charge in [-0.05, 0) is 53.9 Å². The number of aromatic nitrogens is 4. The number of hydrogen-bond donors (Lipinski definition) is 0. The number of fused-ring (bicyclic) bond motifs is 1. The Labute approximate surface area is 197 Å². The summed E-state index contributed by atoms with van der Waals surface area (Å²) in [6.07, 6.45) is 4.51. The normalized spacial score (nSPS) is 16.3. The van der Waals surface area contributed by atoms with Gasteiger partial charge >= 0.3 is 5.69 Å². The second-order valence-electron chi connectivity index (χ2n) is 8.75. The Morgan fingerprint density at radius 2 is 1.56 bits per heavy atom. The monoisotopic (exact) mass is 447 g/mol. The lowest BCUT2D eigenvalue weighted by molar-refractivity contribution is 0.312. The Kier molecular flexibility index (Phi) is 5.28. The first-order valence-corrected chi connectivity index (χ1v) is 11.6. The van der Waals surface area contributed by atoms with Crippen LogP contribution in [0, 0.1) is 0 Å². The molecule has 0 N–H and O–H groups in total. The van der Waals surface area contributed by atoms with Gasteiger partial charge in [0.25, 0.3) is 0 Å². The van der Waals surface area contributed by atoms with E-state index in [1.807, 2.05) is 71.4 Å². The van der Waals surface area contributed by atoms with Crippen molar-refractivity contribution in [3.63, 3.8) is 0 Å². The molecule has 1 saturated heterocycles. The number of likely N-dealkylation sites (tertiary alicyclic amines) is 1. The molecule has 0 amide bonds. The van der Waals surface area contributed by atoms with E-state index in [-0.39, 0.29) is 11.7 Å². The first-order chi connectivity index (χ1) is 16.8. The van der Waals surface area contributed by atoms with E-state index in [2.05, 4.69) is 39.1 Å². The van der Waals surface area contributed by atoms with Crippen LogP contribution in [0.2, 0.25) is 0 Å². The molecule has 0 saturated carbocycles. The van der Waals surface area contributed by atoms with Gasteiger partial charge in [0.15, 0.2) is 5.65 Å². The number of imidazole rings is 1. The van der Waals surface area contributed by atoms with Crippen molar-refractivity contribution in [2.45, 2.75) is 19.0 Å². The van der Waals surface area contributed by atoms with E-state index in [1.54, 1.807) is 10.8 Å². The van der Waals surface area contributed by atoms with Gasteiger partial charge in [0.1, 0.15) is 0 Å². The van der Waals surface area contributed by atoms with Crippen LogP contribution in [0.3, 0.4) is 0 Å². The Morgan fingerprint density at radius 3 is 2.35 bits per heavy atom. The lowest BCUT2D eigenvalue weighted by Crippen LogP contribution is -2.29. The summed E-state index contributed by atoms with van der Waals surface area (Å²) in [7, 11) is 0. The van der Waals surface area contributed by atoms with Gasteiger partial charge in [-0.3, -0.25) is 19.0 Å². The highest BCUT2D eigenvalue weighted by atomic mass is 16.2. The Bertz CT molecular complexity index is 1470. The molecular formula is C28H25N5O. The lowest BCUT2D eigenvalue weighted by Gasteiger charge is -2.16. The maximum absolute atomic E-state index is 13.8. The van der Waals surface area contributed by atoms with E-state index in [9.17, 15) is 4.79 Å². The molecule has 6 rings (SSSR count). The van der Waals surface area contributed by atoms with Crippen LogP contribution >= 0.6 is 0 Å². The van der Waals surface area contributed by atoms with Crippen molar-refractivity contribution in [2.75, 3.05) is 13.1 Å². The van der Waals surface area contributed by atoms with E-state index in [1.165, 1.54) is 0 Å². The minimum Gasteiger partial charge on any atom is -0.295 e. The van der Waals surface area contributed by atoms with Gasteiger partial charge in [-0.15, -0.1) is 0 Å². The first kappa shape index (κ1) is 20.6. The third-order valence-corrected chi connectivity index (χ3v) is 6.59. The zero-order valence-electron chi connectivity index (χ0n) is 18.8. The van der Waals surface area contributed by atoms with Crippen LogP contribution < -0.4 is 5.69 Å². The average Bonchev–Trinajstić information content (AvgIpc) is 3.46. The van der Waals surface area contributed by atoms with Crippen LogP contribution in [0.15, 0.2) is 102 Å². The lowest BCUT2D eigenvalue weighted by atomic mass is 10.1.